The molecule has 1 aromatic carbocycles. The topological polar surface area (TPSA) is 33.2 Å². The van der Waals surface area contributed by atoms with Crippen LogP contribution in [0.2, 0.25) is 0 Å². The maximum absolute atomic E-state index is 12.7. The van der Waals surface area contributed by atoms with Crippen LogP contribution in [0, 0.1) is 0 Å². The summed E-state index contributed by atoms with van der Waals surface area (Å²) in [4.78, 5) is 19.5. The van der Waals surface area contributed by atoms with Crippen LogP contribution in [-0.4, -0.2) is 18.1 Å². The highest BCUT2D eigenvalue weighted by molar-refractivity contribution is 5.84. The second kappa shape index (κ2) is 3.55. The second-order valence-electron chi connectivity index (χ2n) is 5.17. The van der Waals surface area contributed by atoms with Gasteiger partial charge in [0.1, 0.15) is 5.69 Å². The van der Waals surface area contributed by atoms with E-state index in [0.29, 0.717) is 5.92 Å². The standard InChI is InChI=1S/C15H14N2O/c18-15-12-4-2-1-3-11(12)9-16-13-10-5-7-17(8-6-10)14(13)15/h1-4,9-10H,5-8H2. The van der Waals surface area contributed by atoms with Crippen molar-refractivity contribution in [2.24, 2.45) is 0 Å². The lowest BCUT2D eigenvalue weighted by Gasteiger charge is -2.39. The summed E-state index contributed by atoms with van der Waals surface area (Å²) in [5, 5.41) is 1.73. The van der Waals surface area contributed by atoms with Gasteiger partial charge in [0.25, 0.3) is 0 Å². The van der Waals surface area contributed by atoms with Crippen molar-refractivity contribution in [2.45, 2.75) is 18.8 Å². The highest BCUT2D eigenvalue weighted by atomic mass is 16.1. The zero-order chi connectivity index (χ0) is 12.1. The first-order valence-electron chi connectivity index (χ1n) is 6.51. The summed E-state index contributed by atoms with van der Waals surface area (Å²) in [6.45, 7) is 2.01. The first-order valence-corrected chi connectivity index (χ1v) is 6.51. The predicted octanol–water partition coefficient (Wildman–Crippen LogP) is 2.29. The normalized spacial score (nSPS) is 18.1. The molecular weight excluding hydrogens is 224 g/mol. The Hall–Kier alpha value is -1.90. The Morgan fingerprint density at radius 3 is 2.78 bits per heavy atom. The van der Waals surface area contributed by atoms with Gasteiger partial charge in [-0.15, -0.1) is 0 Å². The van der Waals surface area contributed by atoms with Crippen molar-refractivity contribution in [3.63, 3.8) is 0 Å². The Bertz CT molecular complexity index is 688. The van der Waals surface area contributed by atoms with Crippen LogP contribution in [-0.2, 0) is 0 Å². The Kier molecular flexibility index (Phi) is 1.98. The van der Waals surface area contributed by atoms with Crippen LogP contribution < -0.4 is 10.3 Å². The summed E-state index contributed by atoms with van der Waals surface area (Å²) < 4.78 is 0. The molecule has 90 valence electrons. The lowest BCUT2D eigenvalue weighted by molar-refractivity contribution is 0.464. The van der Waals surface area contributed by atoms with Crippen molar-refractivity contribution in [3.05, 3.63) is 46.4 Å². The van der Waals surface area contributed by atoms with Crippen LogP contribution >= 0.6 is 0 Å². The molecule has 0 atom stereocenters. The number of hydrogen-bond acceptors (Lipinski definition) is 3. The molecule has 0 aliphatic carbocycles. The van der Waals surface area contributed by atoms with Gasteiger partial charge in [-0.1, -0.05) is 24.3 Å². The minimum absolute atomic E-state index is 0.155. The molecule has 0 spiro atoms. The molecule has 0 unspecified atom stereocenters. The van der Waals surface area contributed by atoms with Gasteiger partial charge < -0.3 is 4.90 Å². The molecule has 1 fully saturated rings. The van der Waals surface area contributed by atoms with E-state index in [9.17, 15) is 4.79 Å². The van der Waals surface area contributed by atoms with Crippen molar-refractivity contribution >= 4 is 16.5 Å². The maximum atomic E-state index is 12.7. The molecule has 3 nitrogen and oxygen atoms in total. The minimum Gasteiger partial charge on any atom is -0.367 e. The van der Waals surface area contributed by atoms with E-state index in [-0.39, 0.29) is 5.43 Å². The summed E-state index contributed by atoms with van der Waals surface area (Å²) in [6.07, 6.45) is 4.14. The number of anilines is 1. The average molecular weight is 238 g/mol. The fraction of sp³-hybridized carbons (Fsp3) is 0.333. The molecule has 1 aromatic heterocycles. The highest BCUT2D eigenvalue weighted by Crippen LogP contribution is 2.38. The van der Waals surface area contributed by atoms with Crippen molar-refractivity contribution in [1.82, 2.24) is 4.98 Å². The zero-order valence-corrected chi connectivity index (χ0v) is 10.1. The molecule has 18 heavy (non-hydrogen) atoms. The molecule has 0 saturated carbocycles. The van der Waals surface area contributed by atoms with E-state index < -0.39 is 0 Å². The number of piperidine rings is 1. The average Bonchev–Trinajstić information content (AvgIpc) is 2.60. The Balaban J connectivity index is 2.17. The maximum Gasteiger partial charge on any atom is 0.211 e. The first-order chi connectivity index (χ1) is 8.84. The summed E-state index contributed by atoms with van der Waals surface area (Å²) in [7, 11) is 0. The first kappa shape index (κ1) is 10.1. The number of fused-ring (bicyclic) bond motifs is 3. The van der Waals surface area contributed by atoms with Gasteiger partial charge in [0.15, 0.2) is 0 Å². The quantitative estimate of drug-likeness (QED) is 0.706. The molecule has 1 saturated heterocycles. The third kappa shape index (κ3) is 1.24. The lowest BCUT2D eigenvalue weighted by atomic mass is 9.87. The molecule has 3 heteroatoms. The molecule has 0 amide bonds. The molecule has 3 aliphatic rings. The molecule has 4 heterocycles. The minimum atomic E-state index is 0.155. The van der Waals surface area contributed by atoms with Gasteiger partial charge in [-0.3, -0.25) is 9.78 Å². The molecule has 2 bridgehead atoms. The smallest absolute Gasteiger partial charge is 0.211 e. The van der Waals surface area contributed by atoms with E-state index in [1.165, 1.54) is 0 Å². The van der Waals surface area contributed by atoms with Gasteiger partial charge in [0.2, 0.25) is 5.43 Å². The predicted molar refractivity (Wildman–Crippen MR) is 72.2 cm³/mol. The summed E-state index contributed by atoms with van der Waals surface area (Å²) >= 11 is 0. The molecular formula is C15H14N2O. The number of rotatable bonds is 0. The highest BCUT2D eigenvalue weighted by Gasteiger charge is 2.33. The third-order valence-corrected chi connectivity index (χ3v) is 4.20. The van der Waals surface area contributed by atoms with Crippen molar-refractivity contribution < 1.29 is 0 Å². The SMILES string of the molecule is O=c1c2c(ncc3ccccc13)C1CCN2CC1. The second-order valence-corrected chi connectivity index (χ2v) is 5.17. The number of nitrogens with zero attached hydrogens (tertiary/aromatic N) is 2. The Labute approximate surface area is 105 Å². The third-order valence-electron chi connectivity index (χ3n) is 4.20. The van der Waals surface area contributed by atoms with Gasteiger partial charge in [-0.05, 0) is 12.8 Å². The van der Waals surface area contributed by atoms with E-state index in [1.54, 1.807) is 0 Å². The molecule has 0 N–H and O–H groups in total. The van der Waals surface area contributed by atoms with Crippen LogP contribution in [0.4, 0.5) is 5.69 Å². The van der Waals surface area contributed by atoms with Crippen molar-refractivity contribution in [1.29, 1.82) is 0 Å². The lowest BCUT2D eigenvalue weighted by Crippen LogP contribution is -2.41. The number of benzene rings is 1. The molecule has 2 aromatic rings. The Morgan fingerprint density at radius 1 is 1.17 bits per heavy atom. The number of aromatic nitrogens is 1. The zero-order valence-electron chi connectivity index (χ0n) is 10.1. The van der Waals surface area contributed by atoms with E-state index >= 15 is 0 Å². The van der Waals surface area contributed by atoms with Gasteiger partial charge in [0, 0.05) is 36.0 Å². The fourth-order valence-corrected chi connectivity index (χ4v) is 3.24. The summed E-state index contributed by atoms with van der Waals surface area (Å²) in [5.41, 5.74) is 2.04. The van der Waals surface area contributed by atoms with Crippen molar-refractivity contribution in [3.8, 4) is 0 Å². The molecule has 0 radical (unpaired) electrons. The summed E-state index contributed by atoms with van der Waals surface area (Å²) in [5.74, 6) is 0.486. The summed E-state index contributed by atoms with van der Waals surface area (Å²) in [6, 6.07) is 7.75. The fourth-order valence-electron chi connectivity index (χ4n) is 3.24. The van der Waals surface area contributed by atoms with Gasteiger partial charge in [-0.2, -0.15) is 0 Å². The van der Waals surface area contributed by atoms with Crippen LogP contribution in [0.3, 0.4) is 0 Å². The van der Waals surface area contributed by atoms with E-state index in [4.69, 9.17) is 0 Å². The van der Waals surface area contributed by atoms with Gasteiger partial charge in [0.05, 0.1) is 5.69 Å². The van der Waals surface area contributed by atoms with Gasteiger partial charge >= 0.3 is 0 Å². The monoisotopic (exact) mass is 238 g/mol. The van der Waals surface area contributed by atoms with E-state index in [0.717, 1.165) is 48.1 Å². The van der Waals surface area contributed by atoms with Crippen LogP contribution in [0.15, 0.2) is 35.3 Å². The van der Waals surface area contributed by atoms with Gasteiger partial charge in [-0.25, -0.2) is 0 Å². The molecule has 5 rings (SSSR count). The van der Waals surface area contributed by atoms with Crippen LogP contribution in [0.25, 0.3) is 10.8 Å². The Morgan fingerprint density at radius 2 is 1.94 bits per heavy atom. The van der Waals surface area contributed by atoms with E-state index in [2.05, 4.69) is 9.88 Å². The number of hydrogen-bond donors (Lipinski definition) is 0. The molecule has 3 aliphatic heterocycles. The van der Waals surface area contributed by atoms with Crippen LogP contribution in [0.1, 0.15) is 24.5 Å². The largest absolute Gasteiger partial charge is 0.367 e. The van der Waals surface area contributed by atoms with Crippen LogP contribution in [0.5, 0.6) is 0 Å². The van der Waals surface area contributed by atoms with E-state index in [1.807, 2.05) is 30.5 Å². The van der Waals surface area contributed by atoms with Crippen molar-refractivity contribution in [2.75, 3.05) is 18.0 Å².